The molecule has 0 radical (unpaired) electrons. The van der Waals surface area contributed by atoms with Crippen molar-refractivity contribution in [3.8, 4) is 11.5 Å². The predicted molar refractivity (Wildman–Crippen MR) is 92.1 cm³/mol. The number of aromatic nitrogens is 5. The Balaban J connectivity index is 1.49. The quantitative estimate of drug-likeness (QED) is 0.716. The van der Waals surface area contributed by atoms with Crippen LogP contribution in [0.25, 0.3) is 11.5 Å². The number of fused-ring (bicyclic) bond motifs is 1. The van der Waals surface area contributed by atoms with E-state index in [1.807, 2.05) is 16.6 Å². The molecule has 1 saturated carbocycles. The third-order valence-corrected chi connectivity index (χ3v) is 5.24. The second-order valence-electron chi connectivity index (χ2n) is 7.10. The maximum Gasteiger partial charge on any atom is 0.289 e. The second-order valence-corrected chi connectivity index (χ2v) is 7.10. The lowest BCUT2D eigenvalue weighted by Crippen LogP contribution is -2.36. The molecule has 134 valence electrons. The van der Waals surface area contributed by atoms with Gasteiger partial charge in [-0.25, -0.2) is 0 Å². The largest absolute Gasteiger partial charge is 0.459 e. The van der Waals surface area contributed by atoms with Crippen molar-refractivity contribution >= 4 is 5.91 Å². The van der Waals surface area contributed by atoms with Crippen molar-refractivity contribution in [3.05, 3.63) is 41.7 Å². The molecular weight excluding hydrogens is 332 g/mol. The highest BCUT2D eigenvalue weighted by Gasteiger charge is 2.31. The lowest BCUT2D eigenvalue weighted by atomic mass is 10.0. The molecule has 3 aromatic rings. The number of hydrogen-bond donors (Lipinski definition) is 0. The average Bonchev–Trinajstić information content (AvgIpc) is 3.04. The predicted octanol–water partition coefficient (Wildman–Crippen LogP) is 1.88. The molecule has 8 nitrogen and oxygen atoms in total. The molecule has 1 fully saturated rings. The van der Waals surface area contributed by atoms with Gasteiger partial charge < -0.3 is 13.9 Å². The highest BCUT2D eigenvalue weighted by molar-refractivity contribution is 5.91. The molecule has 0 N–H and O–H groups in total. The van der Waals surface area contributed by atoms with Crippen LogP contribution >= 0.6 is 0 Å². The Hall–Kier alpha value is -2.90. The van der Waals surface area contributed by atoms with Gasteiger partial charge in [0, 0.05) is 37.8 Å². The molecule has 1 aliphatic carbocycles. The summed E-state index contributed by atoms with van der Waals surface area (Å²) in [5, 5.41) is 13.1. The van der Waals surface area contributed by atoms with Crippen molar-refractivity contribution in [2.75, 3.05) is 6.54 Å². The number of carbonyl (C=O) groups is 1. The van der Waals surface area contributed by atoms with Gasteiger partial charge in [0.15, 0.2) is 11.6 Å². The molecule has 0 bridgehead atoms. The Labute approximate surface area is 150 Å². The topological polar surface area (TPSA) is 82.0 Å². The monoisotopic (exact) mass is 352 g/mol. The SMILES string of the molecule is Cn1nc(-c2nncn2CC2CC2)c2c1CCN(C(=O)c1ccco1)C2. The maximum absolute atomic E-state index is 12.7. The summed E-state index contributed by atoms with van der Waals surface area (Å²) in [5.74, 6) is 1.80. The second kappa shape index (κ2) is 5.82. The van der Waals surface area contributed by atoms with E-state index in [2.05, 4.69) is 14.8 Å². The molecule has 0 saturated heterocycles. The minimum absolute atomic E-state index is 0.0881. The number of furan rings is 1. The zero-order chi connectivity index (χ0) is 17.7. The zero-order valence-corrected chi connectivity index (χ0v) is 14.6. The summed E-state index contributed by atoms with van der Waals surface area (Å²) in [6.45, 7) is 2.09. The van der Waals surface area contributed by atoms with Crippen molar-refractivity contribution in [2.45, 2.75) is 32.4 Å². The number of nitrogens with zero attached hydrogens (tertiary/aromatic N) is 6. The van der Waals surface area contributed by atoms with Crippen molar-refractivity contribution in [1.82, 2.24) is 29.4 Å². The van der Waals surface area contributed by atoms with E-state index in [9.17, 15) is 4.79 Å². The first-order chi connectivity index (χ1) is 12.7. The number of rotatable bonds is 4. The highest BCUT2D eigenvalue weighted by Crippen LogP contribution is 2.33. The molecule has 0 unspecified atom stereocenters. The van der Waals surface area contributed by atoms with Crippen LogP contribution in [0.2, 0.25) is 0 Å². The number of carbonyl (C=O) groups excluding carboxylic acids is 1. The molecule has 1 amide bonds. The Kier molecular flexibility index (Phi) is 3.44. The van der Waals surface area contributed by atoms with Crippen molar-refractivity contribution < 1.29 is 9.21 Å². The molecule has 5 rings (SSSR count). The van der Waals surface area contributed by atoms with E-state index in [0.717, 1.165) is 41.7 Å². The highest BCUT2D eigenvalue weighted by atomic mass is 16.3. The standard InChI is InChI=1S/C18H20N6O2/c1-22-14-6-7-23(18(25)15-3-2-8-26-15)10-13(14)16(21-22)17-20-19-11-24(17)9-12-4-5-12/h2-3,8,11-12H,4-7,9-10H2,1H3. The van der Waals surface area contributed by atoms with Gasteiger partial charge >= 0.3 is 0 Å². The first-order valence-corrected chi connectivity index (χ1v) is 8.96. The summed E-state index contributed by atoms with van der Waals surface area (Å²) in [4.78, 5) is 14.5. The number of amides is 1. The van der Waals surface area contributed by atoms with Gasteiger partial charge in [0.2, 0.25) is 0 Å². The van der Waals surface area contributed by atoms with Crippen LogP contribution in [-0.4, -0.2) is 41.9 Å². The third-order valence-electron chi connectivity index (χ3n) is 5.24. The van der Waals surface area contributed by atoms with E-state index in [1.54, 1.807) is 18.5 Å². The van der Waals surface area contributed by atoms with Crippen LogP contribution in [0.1, 0.15) is 34.7 Å². The molecule has 3 aromatic heterocycles. The number of hydrogen-bond acceptors (Lipinski definition) is 5. The Morgan fingerprint density at radius 1 is 1.38 bits per heavy atom. The fourth-order valence-electron chi connectivity index (χ4n) is 3.65. The van der Waals surface area contributed by atoms with Crippen molar-refractivity contribution in [2.24, 2.45) is 13.0 Å². The molecule has 8 heteroatoms. The third kappa shape index (κ3) is 2.53. The van der Waals surface area contributed by atoms with E-state index < -0.39 is 0 Å². The minimum atomic E-state index is -0.0881. The Morgan fingerprint density at radius 3 is 3.04 bits per heavy atom. The molecule has 4 heterocycles. The molecule has 0 atom stereocenters. The van der Waals surface area contributed by atoms with Gasteiger partial charge in [0.05, 0.1) is 12.8 Å². The number of aryl methyl sites for hydroxylation is 1. The molecular formula is C18H20N6O2. The van der Waals surface area contributed by atoms with Gasteiger partial charge in [-0.15, -0.1) is 10.2 Å². The summed E-state index contributed by atoms with van der Waals surface area (Å²) in [5.41, 5.74) is 3.05. The lowest BCUT2D eigenvalue weighted by Gasteiger charge is -2.26. The smallest absolute Gasteiger partial charge is 0.289 e. The van der Waals surface area contributed by atoms with Gasteiger partial charge in [-0.05, 0) is 30.9 Å². The first kappa shape index (κ1) is 15.4. The van der Waals surface area contributed by atoms with Crippen LogP contribution < -0.4 is 0 Å². The van der Waals surface area contributed by atoms with Crippen LogP contribution in [0.15, 0.2) is 29.1 Å². The molecule has 2 aliphatic rings. The summed E-state index contributed by atoms with van der Waals surface area (Å²) in [7, 11) is 1.95. The Bertz CT molecular complexity index is 951. The molecule has 0 spiro atoms. The summed E-state index contributed by atoms with van der Waals surface area (Å²) >= 11 is 0. The molecule has 0 aromatic carbocycles. The normalized spacial score (nSPS) is 16.7. The van der Waals surface area contributed by atoms with Crippen LogP contribution in [0.4, 0.5) is 0 Å². The summed E-state index contributed by atoms with van der Waals surface area (Å²) < 4.78 is 9.28. The van der Waals surface area contributed by atoms with Gasteiger partial charge in [0.25, 0.3) is 5.91 Å². The van der Waals surface area contributed by atoms with E-state index in [4.69, 9.17) is 9.52 Å². The molecule has 1 aliphatic heterocycles. The van der Waals surface area contributed by atoms with Crippen molar-refractivity contribution in [3.63, 3.8) is 0 Å². The van der Waals surface area contributed by atoms with E-state index in [-0.39, 0.29) is 5.91 Å². The van der Waals surface area contributed by atoms with Gasteiger partial charge in [-0.2, -0.15) is 5.10 Å². The zero-order valence-electron chi connectivity index (χ0n) is 14.6. The summed E-state index contributed by atoms with van der Waals surface area (Å²) in [6, 6.07) is 3.44. The van der Waals surface area contributed by atoms with Gasteiger partial charge in [0.1, 0.15) is 12.0 Å². The summed E-state index contributed by atoms with van der Waals surface area (Å²) in [6.07, 6.45) is 6.61. The van der Waals surface area contributed by atoms with Crippen LogP contribution in [-0.2, 0) is 26.6 Å². The van der Waals surface area contributed by atoms with Gasteiger partial charge in [-0.3, -0.25) is 9.48 Å². The minimum Gasteiger partial charge on any atom is -0.459 e. The fraction of sp³-hybridized carbons (Fsp3) is 0.444. The lowest BCUT2D eigenvalue weighted by molar-refractivity contribution is 0.0701. The van der Waals surface area contributed by atoms with E-state index >= 15 is 0 Å². The average molecular weight is 352 g/mol. The van der Waals surface area contributed by atoms with Crippen LogP contribution in [0.5, 0.6) is 0 Å². The van der Waals surface area contributed by atoms with Crippen LogP contribution in [0, 0.1) is 5.92 Å². The van der Waals surface area contributed by atoms with Crippen LogP contribution in [0.3, 0.4) is 0 Å². The van der Waals surface area contributed by atoms with Gasteiger partial charge in [-0.1, -0.05) is 0 Å². The molecule has 26 heavy (non-hydrogen) atoms. The Morgan fingerprint density at radius 2 is 2.27 bits per heavy atom. The first-order valence-electron chi connectivity index (χ1n) is 8.96. The van der Waals surface area contributed by atoms with E-state index in [1.165, 1.54) is 19.1 Å². The van der Waals surface area contributed by atoms with E-state index in [0.29, 0.717) is 18.8 Å². The fourth-order valence-corrected chi connectivity index (χ4v) is 3.65. The van der Waals surface area contributed by atoms with Crippen molar-refractivity contribution in [1.29, 1.82) is 0 Å². The maximum atomic E-state index is 12.7.